The van der Waals surface area contributed by atoms with Crippen LogP contribution in [0.4, 0.5) is 21.5 Å². The molecule has 1 N–H and O–H groups in total. The highest BCUT2D eigenvalue weighted by atomic mass is 32.2. The lowest BCUT2D eigenvalue weighted by Crippen LogP contribution is -2.50. The van der Waals surface area contributed by atoms with E-state index < -0.39 is 16.6 Å². The SMILES string of the molecule is O=C(CN1C(=O)C2(SCC(=O)N2c2cccc(F)c2)c2ccccc21)Nc1ccccc1. The number of amides is 3. The number of thioether (sulfide) groups is 1. The summed E-state index contributed by atoms with van der Waals surface area (Å²) in [6.07, 6.45) is 0. The number of halogens is 1. The molecule has 1 spiro atoms. The summed E-state index contributed by atoms with van der Waals surface area (Å²) in [6.45, 7) is -0.210. The lowest BCUT2D eigenvalue weighted by atomic mass is 10.0. The Balaban J connectivity index is 1.54. The Morgan fingerprint density at radius 3 is 2.53 bits per heavy atom. The van der Waals surface area contributed by atoms with Gasteiger partial charge in [-0.05, 0) is 36.4 Å². The van der Waals surface area contributed by atoms with Crippen LogP contribution in [0.1, 0.15) is 5.56 Å². The molecule has 160 valence electrons. The van der Waals surface area contributed by atoms with E-state index in [0.717, 1.165) is 0 Å². The van der Waals surface area contributed by atoms with Crippen LogP contribution in [0.2, 0.25) is 0 Å². The maximum absolute atomic E-state index is 14.0. The maximum atomic E-state index is 14.0. The number of fused-ring (bicyclic) bond motifs is 2. The van der Waals surface area contributed by atoms with Crippen molar-refractivity contribution >= 4 is 46.5 Å². The summed E-state index contributed by atoms with van der Waals surface area (Å²) in [5.41, 5.74) is 2.10. The molecule has 2 aliphatic heterocycles. The Morgan fingerprint density at radius 2 is 1.75 bits per heavy atom. The van der Waals surface area contributed by atoms with E-state index in [0.29, 0.717) is 22.6 Å². The Labute approximate surface area is 188 Å². The average Bonchev–Trinajstić information content (AvgIpc) is 3.25. The first-order chi connectivity index (χ1) is 15.5. The Bertz CT molecular complexity index is 1240. The van der Waals surface area contributed by atoms with Crippen molar-refractivity contribution in [2.75, 3.05) is 27.4 Å². The van der Waals surface area contributed by atoms with E-state index in [1.165, 1.54) is 39.8 Å². The second kappa shape index (κ2) is 7.80. The van der Waals surface area contributed by atoms with Crippen LogP contribution in [0.15, 0.2) is 78.9 Å². The van der Waals surface area contributed by atoms with Crippen LogP contribution in [0.5, 0.6) is 0 Å². The third kappa shape index (κ3) is 3.15. The van der Waals surface area contributed by atoms with Crippen LogP contribution in [-0.2, 0) is 19.3 Å². The van der Waals surface area contributed by atoms with Gasteiger partial charge in [-0.1, -0.05) is 42.5 Å². The highest BCUT2D eigenvalue weighted by Crippen LogP contribution is 2.55. The number of nitrogens with one attached hydrogen (secondary N) is 1. The van der Waals surface area contributed by atoms with Gasteiger partial charge >= 0.3 is 0 Å². The number of para-hydroxylation sites is 2. The number of nitrogens with zero attached hydrogens (tertiary/aromatic N) is 2. The number of hydrogen-bond donors (Lipinski definition) is 1. The first-order valence-corrected chi connectivity index (χ1v) is 11.0. The monoisotopic (exact) mass is 447 g/mol. The molecule has 1 fully saturated rings. The molecular formula is C24H18FN3O3S. The molecule has 0 aliphatic carbocycles. The number of carbonyl (C=O) groups excluding carboxylic acids is 3. The summed E-state index contributed by atoms with van der Waals surface area (Å²) in [5.74, 6) is -1.48. The van der Waals surface area contributed by atoms with Gasteiger partial charge in [-0.25, -0.2) is 4.39 Å². The highest BCUT2D eigenvalue weighted by molar-refractivity contribution is 8.02. The van der Waals surface area contributed by atoms with E-state index in [2.05, 4.69) is 5.32 Å². The quantitative estimate of drug-likeness (QED) is 0.662. The van der Waals surface area contributed by atoms with Crippen molar-refractivity contribution in [3.05, 3.63) is 90.2 Å². The highest BCUT2D eigenvalue weighted by Gasteiger charge is 2.61. The van der Waals surface area contributed by atoms with Gasteiger partial charge in [-0.15, -0.1) is 11.8 Å². The lowest BCUT2D eigenvalue weighted by molar-refractivity contribution is -0.124. The van der Waals surface area contributed by atoms with E-state index in [-0.39, 0.29) is 24.1 Å². The van der Waals surface area contributed by atoms with Crippen molar-refractivity contribution < 1.29 is 18.8 Å². The molecule has 1 atom stereocenters. The molecule has 6 nitrogen and oxygen atoms in total. The van der Waals surface area contributed by atoms with E-state index in [1.54, 1.807) is 54.6 Å². The van der Waals surface area contributed by atoms with Gasteiger partial charge in [0.2, 0.25) is 16.7 Å². The normalized spacial score (nSPS) is 19.5. The van der Waals surface area contributed by atoms with Gasteiger partial charge in [-0.3, -0.25) is 24.2 Å². The number of benzene rings is 3. The second-order valence-electron chi connectivity index (χ2n) is 7.46. The fraction of sp³-hybridized carbons (Fsp3) is 0.125. The van der Waals surface area contributed by atoms with Crippen LogP contribution in [0, 0.1) is 5.82 Å². The van der Waals surface area contributed by atoms with E-state index >= 15 is 0 Å². The minimum Gasteiger partial charge on any atom is -0.325 e. The van der Waals surface area contributed by atoms with Gasteiger partial charge in [-0.2, -0.15) is 0 Å². The first kappa shape index (κ1) is 20.3. The molecule has 3 amide bonds. The molecule has 3 aromatic rings. The number of hydrogen-bond acceptors (Lipinski definition) is 4. The summed E-state index contributed by atoms with van der Waals surface area (Å²) in [7, 11) is 0. The molecule has 2 aliphatic rings. The van der Waals surface area contributed by atoms with Crippen molar-refractivity contribution in [3.8, 4) is 0 Å². The van der Waals surface area contributed by atoms with Gasteiger partial charge in [0.25, 0.3) is 5.91 Å². The van der Waals surface area contributed by atoms with Gasteiger partial charge in [0, 0.05) is 16.9 Å². The molecule has 0 bridgehead atoms. The van der Waals surface area contributed by atoms with Crippen LogP contribution in [-0.4, -0.2) is 30.0 Å². The van der Waals surface area contributed by atoms with Gasteiger partial charge < -0.3 is 5.32 Å². The molecule has 3 aromatic carbocycles. The largest absolute Gasteiger partial charge is 0.325 e. The number of carbonyl (C=O) groups is 3. The topological polar surface area (TPSA) is 69.7 Å². The molecule has 5 rings (SSSR count). The van der Waals surface area contributed by atoms with E-state index in [4.69, 9.17) is 0 Å². The summed E-state index contributed by atoms with van der Waals surface area (Å²) >= 11 is 1.19. The number of rotatable bonds is 4. The minimum atomic E-state index is -1.38. The predicted molar refractivity (Wildman–Crippen MR) is 122 cm³/mol. The van der Waals surface area contributed by atoms with Crippen LogP contribution >= 0.6 is 11.8 Å². The smallest absolute Gasteiger partial charge is 0.269 e. The van der Waals surface area contributed by atoms with E-state index in [1.807, 2.05) is 6.07 Å². The molecule has 32 heavy (non-hydrogen) atoms. The Morgan fingerprint density at radius 1 is 1.00 bits per heavy atom. The summed E-state index contributed by atoms with van der Waals surface area (Å²) in [4.78, 5) is 40.8. The van der Waals surface area contributed by atoms with Crippen LogP contribution in [0.25, 0.3) is 0 Å². The standard InChI is InChI=1S/C24H18FN3O3S/c25-16-7-6-10-18(13-16)28-22(30)15-32-24(28)19-11-4-5-12-20(19)27(23(24)31)14-21(29)26-17-8-2-1-3-9-17/h1-13H,14-15H2,(H,26,29). The summed E-state index contributed by atoms with van der Waals surface area (Å²) in [5, 5.41) is 2.79. The molecular weight excluding hydrogens is 429 g/mol. The van der Waals surface area contributed by atoms with Crippen molar-refractivity contribution in [3.63, 3.8) is 0 Å². The average molecular weight is 447 g/mol. The fourth-order valence-electron chi connectivity index (χ4n) is 4.19. The third-order valence-electron chi connectivity index (χ3n) is 5.49. The molecule has 8 heteroatoms. The molecule has 0 aromatic heterocycles. The molecule has 0 radical (unpaired) electrons. The lowest BCUT2D eigenvalue weighted by Gasteiger charge is -2.33. The number of anilines is 3. The Kier molecular flexibility index (Phi) is 4.94. The third-order valence-corrected chi connectivity index (χ3v) is 6.88. The molecule has 1 unspecified atom stereocenters. The molecule has 2 heterocycles. The zero-order chi connectivity index (χ0) is 22.3. The van der Waals surface area contributed by atoms with E-state index in [9.17, 15) is 18.8 Å². The zero-order valence-electron chi connectivity index (χ0n) is 16.8. The van der Waals surface area contributed by atoms with Crippen molar-refractivity contribution in [1.29, 1.82) is 0 Å². The first-order valence-electron chi connectivity index (χ1n) is 9.99. The molecule has 1 saturated heterocycles. The van der Waals surface area contributed by atoms with Crippen molar-refractivity contribution in [2.45, 2.75) is 4.87 Å². The van der Waals surface area contributed by atoms with Crippen molar-refractivity contribution in [2.24, 2.45) is 0 Å². The van der Waals surface area contributed by atoms with Gasteiger partial charge in [0.05, 0.1) is 11.4 Å². The molecule has 0 saturated carbocycles. The predicted octanol–water partition coefficient (Wildman–Crippen LogP) is 3.74. The summed E-state index contributed by atoms with van der Waals surface area (Å²) in [6, 6.07) is 21.7. The summed E-state index contributed by atoms with van der Waals surface area (Å²) < 4.78 is 14.0. The van der Waals surface area contributed by atoms with Crippen LogP contribution in [0.3, 0.4) is 0 Å². The Hall–Kier alpha value is -3.65. The van der Waals surface area contributed by atoms with Gasteiger partial charge in [0.1, 0.15) is 12.4 Å². The second-order valence-corrected chi connectivity index (χ2v) is 8.63. The van der Waals surface area contributed by atoms with Gasteiger partial charge in [0.15, 0.2) is 0 Å². The fourth-order valence-corrected chi connectivity index (χ4v) is 5.55. The van der Waals surface area contributed by atoms with Crippen LogP contribution < -0.4 is 15.1 Å². The minimum absolute atomic E-state index is 0.0701. The van der Waals surface area contributed by atoms with Crippen molar-refractivity contribution in [1.82, 2.24) is 0 Å². The zero-order valence-corrected chi connectivity index (χ0v) is 17.6. The maximum Gasteiger partial charge on any atom is 0.269 e.